The van der Waals surface area contributed by atoms with E-state index in [9.17, 15) is 10.2 Å². The zero-order valence-electron chi connectivity index (χ0n) is 15.8. The van der Waals surface area contributed by atoms with Gasteiger partial charge in [0.05, 0.1) is 13.2 Å². The smallest absolute Gasteiger partial charge is 0.119 e. The van der Waals surface area contributed by atoms with Gasteiger partial charge in [-0.2, -0.15) is 0 Å². The second-order valence-electron chi connectivity index (χ2n) is 6.79. The van der Waals surface area contributed by atoms with Gasteiger partial charge in [0, 0.05) is 49.5 Å². The average Bonchev–Trinajstić information content (AvgIpc) is 2.65. The first-order valence-electron chi connectivity index (χ1n) is 8.59. The standard InChI is InChI=1S/C21H27O5.Ac/c1-15(23)13-25-19-8-4-16(5-9-19)21(2,3)17-6-10-20(11-7-17)26-14-18(24)12-22;/h4-11,15,18,22-24H,1,12-14H2,2-3H3;/q-1;. The molecule has 0 saturated heterocycles. The monoisotopic (exact) mass is 586 g/mol. The molecule has 0 spiro atoms. The summed E-state index contributed by atoms with van der Waals surface area (Å²) in [5, 5.41) is 27.3. The zero-order chi connectivity index (χ0) is 19.2. The second-order valence-corrected chi connectivity index (χ2v) is 6.79. The van der Waals surface area contributed by atoms with Crippen molar-refractivity contribution in [1.82, 2.24) is 0 Å². The topological polar surface area (TPSA) is 79.2 Å². The maximum Gasteiger partial charge on any atom is 0.119 e. The van der Waals surface area contributed by atoms with E-state index in [1.165, 1.54) is 0 Å². The third-order valence-electron chi connectivity index (χ3n) is 4.25. The molecule has 0 amide bonds. The van der Waals surface area contributed by atoms with E-state index in [4.69, 9.17) is 14.6 Å². The van der Waals surface area contributed by atoms with Crippen LogP contribution >= 0.6 is 0 Å². The predicted octanol–water partition coefficient (Wildman–Crippen LogP) is 2.32. The Morgan fingerprint density at radius 1 is 0.852 bits per heavy atom. The van der Waals surface area contributed by atoms with Gasteiger partial charge in [-0.15, -0.1) is 0 Å². The molecular weight excluding hydrogens is 559 g/mol. The summed E-state index contributed by atoms with van der Waals surface area (Å²) >= 11 is 0. The molecule has 0 saturated carbocycles. The molecule has 0 aromatic heterocycles. The number of hydrogen-bond acceptors (Lipinski definition) is 5. The Hall–Kier alpha value is -0.638. The van der Waals surface area contributed by atoms with Crippen LogP contribution in [0.3, 0.4) is 0 Å². The third-order valence-corrected chi connectivity index (χ3v) is 4.25. The van der Waals surface area contributed by atoms with E-state index in [0.29, 0.717) is 11.5 Å². The first-order valence-corrected chi connectivity index (χ1v) is 8.59. The Labute approximate surface area is 196 Å². The summed E-state index contributed by atoms with van der Waals surface area (Å²) in [7, 11) is 0. The Balaban J connectivity index is 0.00000364. The number of aliphatic hydroxyl groups is 3. The van der Waals surface area contributed by atoms with Crippen molar-refractivity contribution >= 4 is 0 Å². The van der Waals surface area contributed by atoms with Crippen LogP contribution < -0.4 is 9.47 Å². The molecule has 3 N–H and O–H groups in total. The summed E-state index contributed by atoms with van der Waals surface area (Å²) in [6, 6.07) is 15.5. The molecule has 1 radical (unpaired) electrons. The van der Waals surface area contributed by atoms with E-state index < -0.39 is 12.2 Å². The van der Waals surface area contributed by atoms with Crippen molar-refractivity contribution in [2.45, 2.75) is 31.5 Å². The molecule has 0 heterocycles. The van der Waals surface area contributed by atoms with Gasteiger partial charge in [0.2, 0.25) is 0 Å². The van der Waals surface area contributed by atoms with Crippen LogP contribution in [-0.4, -0.2) is 47.3 Å². The van der Waals surface area contributed by atoms with E-state index >= 15 is 0 Å². The summed E-state index contributed by atoms with van der Waals surface area (Å²) in [5.41, 5.74) is 2.03. The van der Waals surface area contributed by atoms with Crippen molar-refractivity contribution in [1.29, 1.82) is 0 Å². The van der Waals surface area contributed by atoms with E-state index in [2.05, 4.69) is 20.8 Å². The molecular formula is C21H27AcO5-. The minimum atomic E-state index is -0.878. The summed E-state index contributed by atoms with van der Waals surface area (Å²) < 4.78 is 10.9. The Morgan fingerprint density at radius 2 is 1.26 bits per heavy atom. The summed E-state index contributed by atoms with van der Waals surface area (Å²) in [6.45, 7) is 7.64. The fraction of sp³-hybridized carbons (Fsp3) is 0.381. The quantitative estimate of drug-likeness (QED) is 0.394. The van der Waals surface area contributed by atoms with Gasteiger partial charge in [0.25, 0.3) is 0 Å². The van der Waals surface area contributed by atoms with Crippen LogP contribution in [0.25, 0.3) is 0 Å². The zero-order valence-corrected chi connectivity index (χ0v) is 20.6. The van der Waals surface area contributed by atoms with Crippen molar-refractivity contribution in [2.24, 2.45) is 0 Å². The molecule has 2 rings (SSSR count). The van der Waals surface area contributed by atoms with Crippen LogP contribution in [0.2, 0.25) is 0 Å². The molecule has 27 heavy (non-hydrogen) atoms. The van der Waals surface area contributed by atoms with Crippen LogP contribution in [0.1, 0.15) is 25.0 Å². The van der Waals surface area contributed by atoms with Gasteiger partial charge in [-0.1, -0.05) is 38.1 Å². The van der Waals surface area contributed by atoms with E-state index in [-0.39, 0.29) is 69.3 Å². The number of benzene rings is 2. The molecule has 2 aromatic rings. The SMILES string of the molecule is [Ac].[CH2-]C(O)COc1ccc(C(C)(C)c2ccc(OCC(O)CO)cc2)cc1. The van der Waals surface area contributed by atoms with Gasteiger partial charge in [0.1, 0.15) is 24.2 Å². The Kier molecular flexibility index (Phi) is 10.3. The third kappa shape index (κ3) is 7.36. The van der Waals surface area contributed by atoms with Crippen molar-refractivity contribution in [3.63, 3.8) is 0 Å². The number of ether oxygens (including phenoxy) is 2. The minimum absolute atomic E-state index is 0. The molecule has 2 unspecified atom stereocenters. The predicted molar refractivity (Wildman–Crippen MR) is 100 cm³/mol. The number of rotatable bonds is 9. The van der Waals surface area contributed by atoms with Crippen molar-refractivity contribution < 1.29 is 68.9 Å². The molecule has 0 aliphatic heterocycles. The summed E-state index contributed by atoms with van der Waals surface area (Å²) in [4.78, 5) is 0. The number of aliphatic hydroxyl groups excluding tert-OH is 3. The fourth-order valence-electron chi connectivity index (χ4n) is 2.54. The van der Waals surface area contributed by atoms with Crippen LogP contribution in [0, 0.1) is 51.0 Å². The fourth-order valence-corrected chi connectivity index (χ4v) is 2.54. The molecule has 2 aromatic carbocycles. The summed E-state index contributed by atoms with van der Waals surface area (Å²) in [6.07, 6.45) is -1.62. The van der Waals surface area contributed by atoms with Gasteiger partial charge in [0.15, 0.2) is 0 Å². The molecule has 6 heteroatoms. The largest absolute Gasteiger partial charge is 0.494 e. The maximum atomic E-state index is 9.34. The van der Waals surface area contributed by atoms with E-state index in [1.807, 2.05) is 48.5 Å². The van der Waals surface area contributed by atoms with E-state index in [1.54, 1.807) is 0 Å². The van der Waals surface area contributed by atoms with Crippen molar-refractivity contribution in [3.8, 4) is 11.5 Å². The summed E-state index contributed by atoms with van der Waals surface area (Å²) in [5.74, 6) is 1.34. The molecule has 0 bridgehead atoms. The first-order chi connectivity index (χ1) is 12.3. The molecule has 5 nitrogen and oxygen atoms in total. The minimum Gasteiger partial charge on any atom is -0.494 e. The Bertz CT molecular complexity index is 668. The van der Waals surface area contributed by atoms with E-state index in [0.717, 1.165) is 11.1 Å². The van der Waals surface area contributed by atoms with Gasteiger partial charge in [-0.3, -0.25) is 0 Å². The van der Waals surface area contributed by atoms with Gasteiger partial charge < -0.3 is 31.7 Å². The number of hydrogen-bond donors (Lipinski definition) is 3. The van der Waals surface area contributed by atoms with Gasteiger partial charge in [-0.05, 0) is 41.5 Å². The molecule has 0 aliphatic rings. The normalized spacial score (nSPS) is 13.4. The second kappa shape index (κ2) is 11.4. The van der Waals surface area contributed by atoms with Gasteiger partial charge >= 0.3 is 0 Å². The first kappa shape index (κ1) is 24.4. The van der Waals surface area contributed by atoms with Crippen LogP contribution in [-0.2, 0) is 5.41 Å². The molecule has 145 valence electrons. The van der Waals surface area contributed by atoms with Crippen LogP contribution in [0.15, 0.2) is 48.5 Å². The Morgan fingerprint density at radius 3 is 1.63 bits per heavy atom. The van der Waals surface area contributed by atoms with Gasteiger partial charge in [-0.25, -0.2) is 0 Å². The average molecular weight is 586 g/mol. The molecule has 0 aliphatic carbocycles. The van der Waals surface area contributed by atoms with Crippen molar-refractivity contribution in [3.05, 3.63) is 66.6 Å². The van der Waals surface area contributed by atoms with Crippen LogP contribution in [0.5, 0.6) is 11.5 Å². The van der Waals surface area contributed by atoms with Crippen LogP contribution in [0.4, 0.5) is 0 Å². The molecule has 0 fully saturated rings. The maximum absolute atomic E-state index is 9.34. The molecule has 2 atom stereocenters. The van der Waals surface area contributed by atoms with Crippen molar-refractivity contribution in [2.75, 3.05) is 19.8 Å².